The average Bonchev–Trinajstić information content (AvgIpc) is 3.28. The standard InChI is InChI=1S/C57H100O6/c1-4-7-10-13-16-19-22-24-26-27-28-29-31-33-36-38-41-44-47-50-56(59)62-53-54(63-57(60)51-48-45-42-39-34-21-18-15-12-9-6-3)52-61-55(58)49-46-43-40-37-35-32-30-25-23-20-17-14-11-8-5-2/h15-20,24-26,30,54H,4-14,21-23,27-29,31-53H2,1-3H3/b18-15-,19-16-,20-17-,26-24-,30-25-/t54-/m0/s1. The molecule has 0 aliphatic heterocycles. The summed E-state index contributed by atoms with van der Waals surface area (Å²) in [6.07, 6.45) is 63.4. The van der Waals surface area contributed by atoms with Gasteiger partial charge in [0, 0.05) is 19.3 Å². The summed E-state index contributed by atoms with van der Waals surface area (Å²) in [6, 6.07) is 0. The Labute approximate surface area is 390 Å². The Kier molecular flexibility index (Phi) is 49.4. The van der Waals surface area contributed by atoms with E-state index < -0.39 is 6.10 Å². The molecule has 63 heavy (non-hydrogen) atoms. The van der Waals surface area contributed by atoms with Gasteiger partial charge in [-0.25, -0.2) is 0 Å². The third kappa shape index (κ3) is 50.0. The van der Waals surface area contributed by atoms with Crippen LogP contribution in [0.15, 0.2) is 60.8 Å². The molecule has 0 aromatic carbocycles. The summed E-state index contributed by atoms with van der Waals surface area (Å²) in [5.74, 6) is -0.907. The van der Waals surface area contributed by atoms with E-state index in [9.17, 15) is 14.4 Å². The first kappa shape index (κ1) is 60.1. The molecule has 0 fully saturated rings. The first-order valence-corrected chi connectivity index (χ1v) is 26.8. The van der Waals surface area contributed by atoms with Crippen LogP contribution < -0.4 is 0 Å². The molecule has 0 heterocycles. The van der Waals surface area contributed by atoms with E-state index in [0.29, 0.717) is 19.3 Å². The Morgan fingerprint density at radius 3 is 0.937 bits per heavy atom. The van der Waals surface area contributed by atoms with Gasteiger partial charge in [0.15, 0.2) is 6.10 Å². The SMILES string of the molecule is CCCC/C=C\CCCCCCCC(=O)O[C@@H](COC(=O)CCCCCCC/C=C\C/C=C\CCCCC)COC(=O)CCCCCCCCCCC/C=C\C/C=C\CCCCC. The predicted octanol–water partition coefficient (Wildman–Crippen LogP) is 17.6. The van der Waals surface area contributed by atoms with E-state index in [4.69, 9.17) is 14.2 Å². The fraction of sp³-hybridized carbons (Fsp3) is 0.772. The highest BCUT2D eigenvalue weighted by Crippen LogP contribution is 2.14. The molecule has 1 atom stereocenters. The summed E-state index contributed by atoms with van der Waals surface area (Å²) in [6.45, 7) is 6.54. The molecule has 0 N–H and O–H groups in total. The van der Waals surface area contributed by atoms with Crippen LogP contribution in [0.2, 0.25) is 0 Å². The van der Waals surface area contributed by atoms with Crippen LogP contribution in [0, 0.1) is 0 Å². The van der Waals surface area contributed by atoms with Crippen LogP contribution in [-0.2, 0) is 28.6 Å². The number of allylic oxidation sites excluding steroid dienone is 10. The van der Waals surface area contributed by atoms with Crippen LogP contribution in [0.4, 0.5) is 0 Å². The van der Waals surface area contributed by atoms with Gasteiger partial charge < -0.3 is 14.2 Å². The zero-order valence-corrected chi connectivity index (χ0v) is 41.6. The third-order valence-electron chi connectivity index (χ3n) is 11.5. The van der Waals surface area contributed by atoms with Crippen molar-refractivity contribution in [2.45, 2.75) is 271 Å². The molecule has 0 aromatic heterocycles. The lowest BCUT2D eigenvalue weighted by Gasteiger charge is -2.18. The second-order valence-electron chi connectivity index (χ2n) is 17.8. The molecule has 0 saturated heterocycles. The number of carbonyl (C=O) groups excluding carboxylic acids is 3. The van der Waals surface area contributed by atoms with Gasteiger partial charge in [0.25, 0.3) is 0 Å². The van der Waals surface area contributed by atoms with Gasteiger partial charge in [0.1, 0.15) is 13.2 Å². The average molecular weight is 881 g/mol. The van der Waals surface area contributed by atoms with Crippen molar-refractivity contribution in [3.05, 3.63) is 60.8 Å². The lowest BCUT2D eigenvalue weighted by atomic mass is 10.1. The molecule has 0 aromatic rings. The maximum absolute atomic E-state index is 12.8. The third-order valence-corrected chi connectivity index (χ3v) is 11.5. The Hall–Kier alpha value is -2.89. The van der Waals surface area contributed by atoms with Gasteiger partial charge in [-0.3, -0.25) is 14.4 Å². The largest absolute Gasteiger partial charge is 0.462 e. The zero-order valence-electron chi connectivity index (χ0n) is 41.6. The van der Waals surface area contributed by atoms with Gasteiger partial charge in [0.05, 0.1) is 0 Å². The van der Waals surface area contributed by atoms with Crippen LogP contribution in [0.5, 0.6) is 0 Å². The van der Waals surface area contributed by atoms with Crippen molar-refractivity contribution in [2.75, 3.05) is 13.2 Å². The molecule has 0 saturated carbocycles. The normalized spacial score (nSPS) is 12.5. The summed E-state index contributed by atoms with van der Waals surface area (Å²) < 4.78 is 16.8. The Balaban J connectivity index is 4.34. The highest BCUT2D eigenvalue weighted by Gasteiger charge is 2.19. The molecular weight excluding hydrogens is 781 g/mol. The molecular formula is C57H100O6. The quantitative estimate of drug-likeness (QED) is 0.0262. The van der Waals surface area contributed by atoms with Gasteiger partial charge in [-0.05, 0) is 103 Å². The minimum absolute atomic E-state index is 0.0840. The first-order chi connectivity index (χ1) is 31.0. The zero-order chi connectivity index (χ0) is 45.8. The Morgan fingerprint density at radius 1 is 0.317 bits per heavy atom. The van der Waals surface area contributed by atoms with Crippen LogP contribution in [0.3, 0.4) is 0 Å². The van der Waals surface area contributed by atoms with E-state index in [0.717, 1.165) is 96.3 Å². The van der Waals surface area contributed by atoms with Crippen molar-refractivity contribution >= 4 is 17.9 Å². The minimum atomic E-state index is -0.784. The molecule has 6 nitrogen and oxygen atoms in total. The van der Waals surface area contributed by atoms with Crippen molar-refractivity contribution in [2.24, 2.45) is 0 Å². The lowest BCUT2D eigenvalue weighted by molar-refractivity contribution is -0.167. The van der Waals surface area contributed by atoms with Crippen molar-refractivity contribution < 1.29 is 28.6 Å². The molecule has 364 valence electrons. The van der Waals surface area contributed by atoms with Crippen molar-refractivity contribution in [3.63, 3.8) is 0 Å². The Bertz CT molecular complexity index is 1150. The molecule has 6 heteroatoms. The monoisotopic (exact) mass is 881 g/mol. The van der Waals surface area contributed by atoms with E-state index in [2.05, 4.69) is 81.5 Å². The summed E-state index contributed by atoms with van der Waals surface area (Å²) in [7, 11) is 0. The number of esters is 3. The fourth-order valence-electron chi connectivity index (χ4n) is 7.37. The molecule has 0 aliphatic carbocycles. The number of hydrogen-bond acceptors (Lipinski definition) is 6. The molecule has 0 aliphatic rings. The van der Waals surface area contributed by atoms with E-state index in [1.54, 1.807) is 0 Å². The van der Waals surface area contributed by atoms with Crippen molar-refractivity contribution in [3.8, 4) is 0 Å². The number of unbranched alkanes of at least 4 members (excludes halogenated alkanes) is 27. The summed E-state index contributed by atoms with van der Waals surface area (Å²) >= 11 is 0. The van der Waals surface area contributed by atoms with E-state index >= 15 is 0 Å². The Morgan fingerprint density at radius 2 is 0.587 bits per heavy atom. The van der Waals surface area contributed by atoms with Crippen LogP contribution in [-0.4, -0.2) is 37.2 Å². The molecule has 0 radical (unpaired) electrons. The maximum atomic E-state index is 12.8. The fourth-order valence-corrected chi connectivity index (χ4v) is 7.37. The van der Waals surface area contributed by atoms with Gasteiger partial charge in [-0.15, -0.1) is 0 Å². The molecule has 0 amide bonds. The predicted molar refractivity (Wildman–Crippen MR) is 270 cm³/mol. The summed E-state index contributed by atoms with van der Waals surface area (Å²) in [4.78, 5) is 38.0. The lowest BCUT2D eigenvalue weighted by Crippen LogP contribution is -2.30. The number of carbonyl (C=O) groups is 3. The van der Waals surface area contributed by atoms with Gasteiger partial charge >= 0.3 is 17.9 Å². The number of rotatable bonds is 48. The second kappa shape index (κ2) is 51.7. The topological polar surface area (TPSA) is 78.9 Å². The highest BCUT2D eigenvalue weighted by molar-refractivity contribution is 5.71. The highest BCUT2D eigenvalue weighted by atomic mass is 16.6. The second-order valence-corrected chi connectivity index (χ2v) is 17.8. The summed E-state index contributed by atoms with van der Waals surface area (Å²) in [5, 5.41) is 0. The summed E-state index contributed by atoms with van der Waals surface area (Å²) in [5.41, 5.74) is 0. The molecule has 0 spiro atoms. The smallest absolute Gasteiger partial charge is 0.306 e. The van der Waals surface area contributed by atoms with E-state index in [1.165, 1.54) is 128 Å². The minimum Gasteiger partial charge on any atom is -0.462 e. The van der Waals surface area contributed by atoms with Crippen LogP contribution in [0.25, 0.3) is 0 Å². The van der Waals surface area contributed by atoms with Crippen molar-refractivity contribution in [1.82, 2.24) is 0 Å². The van der Waals surface area contributed by atoms with Gasteiger partial charge in [-0.1, -0.05) is 204 Å². The first-order valence-electron chi connectivity index (χ1n) is 26.8. The maximum Gasteiger partial charge on any atom is 0.306 e. The van der Waals surface area contributed by atoms with Crippen LogP contribution >= 0.6 is 0 Å². The van der Waals surface area contributed by atoms with Gasteiger partial charge in [0.2, 0.25) is 0 Å². The number of hydrogen-bond donors (Lipinski definition) is 0. The van der Waals surface area contributed by atoms with E-state index in [-0.39, 0.29) is 31.1 Å². The molecule has 0 bridgehead atoms. The molecule has 0 rings (SSSR count). The van der Waals surface area contributed by atoms with Crippen LogP contribution in [0.1, 0.15) is 265 Å². The van der Waals surface area contributed by atoms with Gasteiger partial charge in [-0.2, -0.15) is 0 Å². The van der Waals surface area contributed by atoms with Crippen molar-refractivity contribution in [1.29, 1.82) is 0 Å². The molecule has 0 unspecified atom stereocenters. The van der Waals surface area contributed by atoms with E-state index in [1.807, 2.05) is 0 Å². The number of ether oxygens (including phenoxy) is 3.